The van der Waals surface area contributed by atoms with Crippen LogP contribution in [0.4, 0.5) is 0 Å². The Bertz CT molecular complexity index is 97.6. The molecule has 0 N–H and O–H groups in total. The second-order valence-electron chi connectivity index (χ2n) is 0.499. The summed E-state index contributed by atoms with van der Waals surface area (Å²) < 4.78 is 34.6. The first-order chi connectivity index (χ1) is 3.81. The van der Waals surface area contributed by atoms with E-state index >= 15 is 0 Å². The molecule has 0 fully saturated rings. The highest BCUT2D eigenvalue weighted by molar-refractivity contribution is 7.66. The molecule has 26 valence electrons. The highest BCUT2D eigenvalue weighted by Crippen LogP contribution is 1.93. The van der Waals surface area contributed by atoms with Crippen molar-refractivity contribution in [2.75, 3.05) is 6.16 Å². The smallest absolute Gasteiger partial charge is 0.183 e. The van der Waals surface area contributed by atoms with E-state index in [1.807, 2.05) is 0 Å². The van der Waals surface area contributed by atoms with Gasteiger partial charge < -0.3 is 0 Å². The van der Waals surface area contributed by atoms with Crippen LogP contribution in [-0.4, -0.2) is 20.2 Å². The van der Waals surface area contributed by atoms with Crippen LogP contribution in [0.25, 0.3) is 0 Å². The van der Waals surface area contributed by atoms with E-state index < -0.39 is 15.8 Å². The van der Waals surface area contributed by atoms with E-state index in [1.165, 1.54) is 0 Å². The summed E-state index contributed by atoms with van der Waals surface area (Å²) in [5.41, 5.74) is 0. The summed E-state index contributed by atoms with van der Waals surface area (Å²) in [5, 5.41) is 0. The van der Waals surface area contributed by atoms with Crippen molar-refractivity contribution in [1.82, 2.24) is 0 Å². The molecule has 0 aromatic carbocycles. The fourth-order valence-electron chi connectivity index (χ4n) is 0. The summed E-state index contributed by atoms with van der Waals surface area (Å²) in [7, 11) is -6.00. The zero-order valence-electron chi connectivity index (χ0n) is 7.73. The second-order valence-corrected chi connectivity index (χ2v) is 1.50. The van der Waals surface area contributed by atoms with E-state index in [9.17, 15) is 0 Å². The van der Waals surface area contributed by atoms with Crippen LogP contribution in [0.1, 0.15) is 6.92 Å². The Balaban J connectivity index is 4.14. The van der Waals surface area contributed by atoms with Gasteiger partial charge in [-0.05, 0) is 6.92 Å². The standard InChI is InChI=1S/C2H10BP/c1-2-4-3/h2,4H2,1,3H3/i3D3,4D2. The van der Waals surface area contributed by atoms with Crippen LogP contribution in [0, 0.1) is 0 Å². The largest absolute Gasteiger partial charge is 0.211 e. The Morgan fingerprint density at radius 2 is 3.50 bits per heavy atom. The Hall–Kier alpha value is 0.495. The lowest BCUT2D eigenvalue weighted by Crippen LogP contribution is -1.50. The van der Waals surface area contributed by atoms with Crippen molar-refractivity contribution >= 4 is 15.8 Å². The average Bonchev–Trinajstić information content (AvgIpc) is 1.64. The topological polar surface area (TPSA) is 0 Å². The molecule has 0 saturated carbocycles. The molecule has 0 amide bonds. The number of hydrogen-bond acceptors (Lipinski definition) is 0. The normalized spacial score (nSPS) is 32.8. The molecule has 0 spiro atoms. The molecule has 0 aliphatic rings. The Morgan fingerprint density at radius 3 is 3.50 bits per heavy atom. The van der Waals surface area contributed by atoms with Gasteiger partial charge in [0.05, 0.1) is 0 Å². The predicted octanol–water partition coefficient (Wildman–Crippen LogP) is -0.303. The van der Waals surface area contributed by atoms with Crippen molar-refractivity contribution < 1.29 is 0 Å². The minimum Gasteiger partial charge on any atom is -0.183 e. The van der Waals surface area contributed by atoms with Crippen LogP contribution < -0.4 is 0 Å². The molecule has 0 radical (unpaired) electrons. The van der Waals surface area contributed by atoms with Gasteiger partial charge in [0, 0.05) is 6.16 Å². The van der Waals surface area contributed by atoms with Crippen LogP contribution >= 0.6 is 8.35 Å². The van der Waals surface area contributed by atoms with Gasteiger partial charge in [0.15, 0.2) is 0 Å². The quantitative estimate of drug-likeness (QED) is 0.316. The van der Waals surface area contributed by atoms with E-state index in [2.05, 4.69) is 0 Å². The van der Waals surface area contributed by atoms with Crippen LogP contribution in [0.5, 0.6) is 0 Å². The molecule has 0 saturated heterocycles. The second kappa shape index (κ2) is 3.49. The molecular weight excluding hydrogens is 65.8 g/mol. The highest BCUT2D eigenvalue weighted by atomic mass is 31.1. The maximum Gasteiger partial charge on any atom is 0.211 e. The van der Waals surface area contributed by atoms with Crippen molar-refractivity contribution in [3.8, 4) is 0 Å². The third kappa shape index (κ3) is 2.49. The van der Waals surface area contributed by atoms with E-state index in [4.69, 9.17) is 6.56 Å². The third-order valence-corrected chi connectivity index (χ3v) is 0.548. The van der Waals surface area contributed by atoms with Gasteiger partial charge in [0.25, 0.3) is 0 Å². The lowest BCUT2D eigenvalue weighted by Gasteiger charge is -1.67. The van der Waals surface area contributed by atoms with Gasteiger partial charge in [-0.25, -0.2) is 0 Å². The van der Waals surface area contributed by atoms with Crippen LogP contribution in [0.3, 0.4) is 0 Å². The summed E-state index contributed by atoms with van der Waals surface area (Å²) >= 11 is 0. The minimum atomic E-state index is -3.04. The van der Waals surface area contributed by atoms with Crippen molar-refractivity contribution in [1.29, 1.82) is 6.56 Å². The summed E-state index contributed by atoms with van der Waals surface area (Å²) in [5.74, 6) is 0. The Morgan fingerprint density at radius 1 is 2.75 bits per heavy atom. The van der Waals surface area contributed by atoms with Crippen LogP contribution in [0.15, 0.2) is 0 Å². The van der Waals surface area contributed by atoms with Gasteiger partial charge in [-0.1, -0.05) is 0 Å². The van der Waals surface area contributed by atoms with Crippen molar-refractivity contribution in [3.63, 3.8) is 0 Å². The molecule has 0 atom stereocenters. The first kappa shape index (κ1) is 0.761. The fraction of sp³-hybridized carbons (Fsp3) is 1.00. The van der Waals surface area contributed by atoms with Gasteiger partial charge in [-0.15, -0.1) is 0 Å². The number of hydrogen-bond donors (Lipinski definition) is 0. The number of rotatable bonds is 2. The van der Waals surface area contributed by atoms with Gasteiger partial charge in [-0.3, -0.25) is 0 Å². The van der Waals surface area contributed by atoms with Crippen molar-refractivity contribution in [3.05, 3.63) is 0 Å². The Labute approximate surface area is 36.8 Å². The maximum atomic E-state index is 7.07. The van der Waals surface area contributed by atoms with E-state index in [-0.39, 0.29) is 6.16 Å². The molecule has 0 heterocycles. The zero-order chi connectivity index (χ0) is 7.71. The zero-order valence-corrected chi connectivity index (χ0v) is 3.63. The van der Waals surface area contributed by atoms with E-state index in [0.717, 1.165) is 0 Å². The van der Waals surface area contributed by atoms with Crippen molar-refractivity contribution in [2.24, 2.45) is 0 Å². The molecular formula is C2H10BP. The molecule has 0 aromatic heterocycles. The van der Waals surface area contributed by atoms with Crippen LogP contribution in [-0.2, 0) is 0 Å². The highest BCUT2D eigenvalue weighted by Gasteiger charge is 1.57. The van der Waals surface area contributed by atoms with E-state index in [0.29, 0.717) is 0 Å². The molecule has 0 rings (SSSR count). The van der Waals surface area contributed by atoms with Crippen molar-refractivity contribution in [2.45, 2.75) is 6.92 Å². The first-order valence-corrected chi connectivity index (χ1v) is 2.43. The maximum absolute atomic E-state index is 7.07. The molecule has 0 aromatic rings. The summed E-state index contributed by atoms with van der Waals surface area (Å²) in [6, 6.07) is 0. The summed E-state index contributed by atoms with van der Waals surface area (Å²) in [4.78, 5) is 0. The fourth-order valence-corrected chi connectivity index (χ4v) is 0. The minimum absolute atomic E-state index is 0.170. The van der Waals surface area contributed by atoms with E-state index in [1.54, 1.807) is 6.92 Å². The summed E-state index contributed by atoms with van der Waals surface area (Å²) in [6.45, 7) is 1.59. The lowest BCUT2D eigenvalue weighted by molar-refractivity contribution is 1.53. The first-order valence-electron chi connectivity index (χ1n) is 3.91. The summed E-state index contributed by atoms with van der Waals surface area (Å²) in [6.07, 6.45) is 0.170. The Kier molecular flexibility index (Phi) is 0.665. The molecule has 2 heteroatoms. The SMILES string of the molecule is [2H][B-]([2H])([2H])[P+]([2H])([2H])CC. The van der Waals surface area contributed by atoms with Gasteiger partial charge >= 0.3 is 0 Å². The molecule has 0 unspecified atom stereocenters. The van der Waals surface area contributed by atoms with Gasteiger partial charge in [0.1, 0.15) is 7.46 Å². The third-order valence-electron chi connectivity index (χ3n) is 0.183. The van der Waals surface area contributed by atoms with Gasteiger partial charge in [0.2, 0.25) is 2.56 Å². The molecule has 0 aliphatic carbocycles. The molecule has 0 nitrogen and oxygen atoms in total. The average molecular weight is 80.9 g/mol. The molecule has 4 heavy (non-hydrogen) atoms. The molecule has 0 bridgehead atoms. The van der Waals surface area contributed by atoms with Crippen LogP contribution in [0.2, 0.25) is 0 Å². The monoisotopic (exact) mass is 81.1 g/mol. The van der Waals surface area contributed by atoms with Gasteiger partial charge in [-0.2, -0.15) is 12.4 Å². The lowest BCUT2D eigenvalue weighted by atomic mass is 10.8. The predicted molar refractivity (Wildman–Crippen MR) is 30.2 cm³/mol. The molecule has 0 aliphatic heterocycles.